The Hall–Kier alpha value is -3.03. The predicted octanol–water partition coefficient (Wildman–Crippen LogP) is 4.54. The number of sulfone groups is 1. The molecule has 0 aliphatic heterocycles. The maximum atomic E-state index is 12.5. The molecular weight excluding hydrogens is 404 g/mol. The summed E-state index contributed by atoms with van der Waals surface area (Å²) in [5, 5.41) is 3.23. The first-order valence-corrected chi connectivity index (χ1v) is 11.6. The number of carbonyl (C=O) groups is 1. The number of benzene rings is 3. The summed E-state index contributed by atoms with van der Waals surface area (Å²) in [6.07, 6.45) is 1.97. The van der Waals surface area contributed by atoms with Crippen LogP contribution in [0.2, 0.25) is 0 Å². The molecule has 4 aromatic rings. The summed E-state index contributed by atoms with van der Waals surface area (Å²) >= 11 is 1.25. The Labute approximate surface area is 173 Å². The first-order chi connectivity index (χ1) is 13.9. The fourth-order valence-corrected chi connectivity index (χ4v) is 4.59. The maximum absolute atomic E-state index is 12.5. The highest BCUT2D eigenvalue weighted by atomic mass is 32.2. The Balaban J connectivity index is 1.49. The van der Waals surface area contributed by atoms with Gasteiger partial charge in [0.1, 0.15) is 0 Å². The van der Waals surface area contributed by atoms with Gasteiger partial charge in [-0.25, -0.2) is 13.4 Å². The molecule has 1 N–H and O–H groups in total. The number of rotatable bonds is 5. The maximum Gasteiger partial charge on any atom is 0.257 e. The highest BCUT2D eigenvalue weighted by molar-refractivity contribution is 7.90. The smallest absolute Gasteiger partial charge is 0.257 e. The molecule has 0 saturated heterocycles. The van der Waals surface area contributed by atoms with Gasteiger partial charge >= 0.3 is 0 Å². The fourth-order valence-electron chi connectivity index (χ4n) is 2.96. The van der Waals surface area contributed by atoms with Crippen LogP contribution in [0, 0.1) is 0 Å². The van der Waals surface area contributed by atoms with Crippen LogP contribution in [0.4, 0.5) is 5.13 Å². The van der Waals surface area contributed by atoms with Crippen LogP contribution >= 0.6 is 11.3 Å². The number of anilines is 1. The molecule has 29 heavy (non-hydrogen) atoms. The van der Waals surface area contributed by atoms with Crippen molar-refractivity contribution in [1.82, 2.24) is 4.98 Å². The van der Waals surface area contributed by atoms with Crippen LogP contribution in [0.3, 0.4) is 0 Å². The summed E-state index contributed by atoms with van der Waals surface area (Å²) in [6, 6.07) is 22.4. The first-order valence-electron chi connectivity index (χ1n) is 8.93. The minimum Gasteiger partial charge on any atom is -0.298 e. The summed E-state index contributed by atoms with van der Waals surface area (Å²) < 4.78 is 24.1. The molecule has 3 aromatic carbocycles. The van der Waals surface area contributed by atoms with Gasteiger partial charge in [-0.3, -0.25) is 10.1 Å². The molecule has 7 heteroatoms. The van der Waals surface area contributed by atoms with Gasteiger partial charge in [0.05, 0.1) is 15.1 Å². The predicted molar refractivity (Wildman–Crippen MR) is 116 cm³/mol. The molecular formula is C22H18N2O3S2. The lowest BCUT2D eigenvalue weighted by molar-refractivity contribution is 0.102. The van der Waals surface area contributed by atoms with Crippen molar-refractivity contribution in [3.8, 4) is 0 Å². The van der Waals surface area contributed by atoms with Crippen LogP contribution in [-0.4, -0.2) is 25.6 Å². The van der Waals surface area contributed by atoms with Crippen molar-refractivity contribution in [3.05, 3.63) is 89.5 Å². The SMILES string of the molecule is CS(=O)(=O)c1ccc2nc(NC(=O)c3ccc(Cc4ccccc4)cc3)sc2c1. The van der Waals surface area contributed by atoms with Gasteiger partial charge in [-0.15, -0.1) is 0 Å². The number of nitrogens with zero attached hydrogens (tertiary/aromatic N) is 1. The van der Waals surface area contributed by atoms with Crippen molar-refractivity contribution in [3.63, 3.8) is 0 Å². The van der Waals surface area contributed by atoms with Gasteiger partial charge in [0.25, 0.3) is 5.91 Å². The van der Waals surface area contributed by atoms with Gasteiger partial charge < -0.3 is 0 Å². The number of fused-ring (bicyclic) bond motifs is 1. The molecule has 1 aromatic heterocycles. The van der Waals surface area contributed by atoms with Crippen LogP contribution in [0.5, 0.6) is 0 Å². The van der Waals surface area contributed by atoms with E-state index in [4.69, 9.17) is 0 Å². The molecule has 0 saturated carbocycles. The monoisotopic (exact) mass is 422 g/mol. The standard InChI is InChI=1S/C22H18N2O3S2/c1-29(26,27)18-11-12-19-20(14-18)28-22(23-19)24-21(25)17-9-7-16(8-10-17)13-15-5-3-2-4-6-15/h2-12,14H,13H2,1H3,(H,23,24,25). The Morgan fingerprint density at radius 1 is 0.966 bits per heavy atom. The van der Waals surface area contributed by atoms with Gasteiger partial charge in [-0.2, -0.15) is 0 Å². The van der Waals surface area contributed by atoms with Crippen molar-refractivity contribution >= 4 is 42.4 Å². The van der Waals surface area contributed by atoms with Crippen LogP contribution in [0.15, 0.2) is 77.7 Å². The molecule has 0 unspecified atom stereocenters. The molecule has 0 spiro atoms. The van der Waals surface area contributed by atoms with Crippen LogP contribution in [0.1, 0.15) is 21.5 Å². The first kappa shape index (κ1) is 19.3. The van der Waals surface area contributed by atoms with Crippen molar-refractivity contribution in [2.45, 2.75) is 11.3 Å². The number of nitrogens with one attached hydrogen (secondary N) is 1. The van der Waals surface area contributed by atoms with Crippen molar-refractivity contribution in [2.75, 3.05) is 11.6 Å². The fraction of sp³-hybridized carbons (Fsp3) is 0.0909. The molecule has 4 rings (SSSR count). The Morgan fingerprint density at radius 3 is 2.34 bits per heavy atom. The number of thiazole rings is 1. The molecule has 1 heterocycles. The Morgan fingerprint density at radius 2 is 1.66 bits per heavy atom. The van der Waals surface area contributed by atoms with Gasteiger partial charge in [0.2, 0.25) is 0 Å². The van der Waals surface area contributed by atoms with Crippen LogP contribution in [-0.2, 0) is 16.3 Å². The van der Waals surface area contributed by atoms with E-state index in [1.807, 2.05) is 30.3 Å². The van der Waals surface area contributed by atoms with Crippen molar-refractivity contribution in [1.29, 1.82) is 0 Å². The lowest BCUT2D eigenvalue weighted by Gasteiger charge is -2.05. The molecule has 0 aliphatic carbocycles. The molecule has 0 atom stereocenters. The molecule has 5 nitrogen and oxygen atoms in total. The lowest BCUT2D eigenvalue weighted by atomic mass is 10.0. The van der Waals surface area contributed by atoms with Gasteiger partial charge in [0, 0.05) is 11.8 Å². The van der Waals surface area contributed by atoms with E-state index in [1.165, 1.54) is 29.2 Å². The molecule has 0 aliphatic rings. The lowest BCUT2D eigenvalue weighted by Crippen LogP contribution is -2.11. The summed E-state index contributed by atoms with van der Waals surface area (Å²) in [6.45, 7) is 0. The number of amides is 1. The average Bonchev–Trinajstić information content (AvgIpc) is 3.10. The van der Waals surface area contributed by atoms with Gasteiger partial charge in [-0.1, -0.05) is 53.8 Å². The van der Waals surface area contributed by atoms with Crippen molar-refractivity contribution < 1.29 is 13.2 Å². The van der Waals surface area contributed by atoms with E-state index in [-0.39, 0.29) is 10.8 Å². The summed E-state index contributed by atoms with van der Waals surface area (Å²) in [5.74, 6) is -0.251. The minimum absolute atomic E-state index is 0.237. The minimum atomic E-state index is -3.29. The second kappa shape index (κ2) is 7.77. The normalized spacial score (nSPS) is 11.5. The molecule has 0 radical (unpaired) electrons. The number of carbonyl (C=O) groups excluding carboxylic acids is 1. The third-order valence-electron chi connectivity index (χ3n) is 4.48. The second-order valence-corrected chi connectivity index (χ2v) is 9.78. The van der Waals surface area contributed by atoms with Crippen molar-refractivity contribution in [2.24, 2.45) is 0 Å². The van der Waals surface area contributed by atoms with Gasteiger partial charge in [-0.05, 0) is 47.9 Å². The molecule has 0 bridgehead atoms. The van der Waals surface area contributed by atoms with E-state index < -0.39 is 9.84 Å². The van der Waals surface area contributed by atoms with E-state index in [1.54, 1.807) is 24.3 Å². The van der Waals surface area contributed by atoms with Crippen LogP contribution in [0.25, 0.3) is 10.2 Å². The third kappa shape index (κ3) is 4.52. The highest BCUT2D eigenvalue weighted by Gasteiger charge is 2.13. The average molecular weight is 423 g/mol. The van der Waals surface area contributed by atoms with Crippen LogP contribution < -0.4 is 5.32 Å². The zero-order chi connectivity index (χ0) is 20.4. The summed E-state index contributed by atoms with van der Waals surface area (Å²) in [7, 11) is -3.29. The topological polar surface area (TPSA) is 76.1 Å². The number of hydrogen-bond acceptors (Lipinski definition) is 5. The Bertz CT molecular complexity index is 1280. The second-order valence-electron chi connectivity index (χ2n) is 6.73. The third-order valence-corrected chi connectivity index (χ3v) is 6.52. The summed E-state index contributed by atoms with van der Waals surface area (Å²) in [4.78, 5) is 17.1. The van der Waals surface area contributed by atoms with E-state index in [9.17, 15) is 13.2 Å². The Kier molecular flexibility index (Phi) is 5.17. The van der Waals surface area contributed by atoms with E-state index in [0.717, 1.165) is 12.0 Å². The quantitative estimate of drug-likeness (QED) is 0.512. The van der Waals surface area contributed by atoms with E-state index in [2.05, 4.69) is 22.4 Å². The molecule has 1 amide bonds. The molecule has 146 valence electrons. The van der Waals surface area contributed by atoms with Gasteiger partial charge in [0.15, 0.2) is 15.0 Å². The largest absolute Gasteiger partial charge is 0.298 e. The zero-order valence-corrected chi connectivity index (χ0v) is 17.3. The van der Waals surface area contributed by atoms with E-state index in [0.29, 0.717) is 20.9 Å². The number of hydrogen-bond donors (Lipinski definition) is 1. The highest BCUT2D eigenvalue weighted by Crippen LogP contribution is 2.28. The number of aromatic nitrogens is 1. The van der Waals surface area contributed by atoms with E-state index >= 15 is 0 Å². The molecule has 0 fully saturated rings. The summed E-state index contributed by atoms with van der Waals surface area (Å²) in [5.41, 5.74) is 3.53. The zero-order valence-electron chi connectivity index (χ0n) is 15.6.